The lowest BCUT2D eigenvalue weighted by molar-refractivity contribution is -0.384. The van der Waals surface area contributed by atoms with Gasteiger partial charge >= 0.3 is 0 Å². The Labute approximate surface area is 122 Å². The van der Waals surface area contributed by atoms with E-state index in [0.717, 1.165) is 6.42 Å². The average molecular weight is 293 g/mol. The molecule has 0 aromatic heterocycles. The standard InChI is InChI=1S/C14H19N3O4/c1-2-15-12-7-11(3-4-13(12)17(20)21)14(19)16-6-5-10(8-16)9-18/h3-4,7,10,15,18H,2,5-6,8-9H2,1H3. The molecule has 2 rings (SSSR count). The van der Waals surface area contributed by atoms with Crippen molar-refractivity contribution < 1.29 is 14.8 Å². The van der Waals surface area contributed by atoms with Gasteiger partial charge in [-0.05, 0) is 25.5 Å². The van der Waals surface area contributed by atoms with Gasteiger partial charge < -0.3 is 15.3 Å². The number of aliphatic hydroxyl groups excluding tert-OH is 1. The van der Waals surface area contributed by atoms with Crippen LogP contribution in [0.4, 0.5) is 11.4 Å². The maximum absolute atomic E-state index is 12.4. The number of carbonyl (C=O) groups is 1. The lowest BCUT2D eigenvalue weighted by Gasteiger charge is -2.17. The molecule has 114 valence electrons. The van der Waals surface area contributed by atoms with E-state index < -0.39 is 4.92 Å². The lowest BCUT2D eigenvalue weighted by Crippen LogP contribution is -2.29. The van der Waals surface area contributed by atoms with E-state index >= 15 is 0 Å². The van der Waals surface area contributed by atoms with Crippen LogP contribution in [-0.4, -0.2) is 47.1 Å². The Balaban J connectivity index is 2.22. The van der Waals surface area contributed by atoms with Gasteiger partial charge in [-0.15, -0.1) is 0 Å². The number of amides is 1. The van der Waals surface area contributed by atoms with Crippen LogP contribution in [0.3, 0.4) is 0 Å². The highest BCUT2D eigenvalue weighted by Crippen LogP contribution is 2.27. The number of hydrogen-bond acceptors (Lipinski definition) is 5. The van der Waals surface area contributed by atoms with Crippen LogP contribution in [0.1, 0.15) is 23.7 Å². The minimum absolute atomic E-state index is 0.0388. The summed E-state index contributed by atoms with van der Waals surface area (Å²) in [5.74, 6) is -0.0276. The van der Waals surface area contributed by atoms with E-state index in [9.17, 15) is 14.9 Å². The first-order valence-electron chi connectivity index (χ1n) is 6.99. The molecule has 0 aliphatic carbocycles. The molecule has 1 aromatic carbocycles. The Hall–Kier alpha value is -2.15. The molecule has 0 saturated carbocycles. The van der Waals surface area contributed by atoms with E-state index in [1.807, 2.05) is 6.92 Å². The van der Waals surface area contributed by atoms with Gasteiger partial charge in [0.05, 0.1) is 4.92 Å². The van der Waals surface area contributed by atoms with Gasteiger partial charge in [-0.2, -0.15) is 0 Å². The van der Waals surface area contributed by atoms with Crippen molar-refractivity contribution in [3.05, 3.63) is 33.9 Å². The number of nitrogens with zero attached hydrogens (tertiary/aromatic N) is 2. The summed E-state index contributed by atoms with van der Waals surface area (Å²) >= 11 is 0. The Morgan fingerprint density at radius 2 is 2.33 bits per heavy atom. The molecule has 1 aliphatic heterocycles. The van der Waals surface area contributed by atoms with E-state index in [0.29, 0.717) is 30.9 Å². The Bertz CT molecular complexity index is 547. The molecular weight excluding hydrogens is 274 g/mol. The molecule has 1 unspecified atom stereocenters. The zero-order valence-corrected chi connectivity index (χ0v) is 11.9. The molecular formula is C14H19N3O4. The van der Waals surface area contributed by atoms with Gasteiger partial charge in [0.2, 0.25) is 0 Å². The first-order chi connectivity index (χ1) is 10.1. The van der Waals surface area contributed by atoms with Gasteiger partial charge in [0.1, 0.15) is 5.69 Å². The topological polar surface area (TPSA) is 95.7 Å². The van der Waals surface area contributed by atoms with Gasteiger partial charge in [-0.25, -0.2) is 0 Å². The SMILES string of the molecule is CCNc1cc(C(=O)N2CCC(CO)C2)ccc1[N+](=O)[O-]. The first kappa shape index (κ1) is 15.2. The monoisotopic (exact) mass is 293 g/mol. The van der Waals surface area contributed by atoms with Crippen molar-refractivity contribution in [2.24, 2.45) is 5.92 Å². The van der Waals surface area contributed by atoms with Crippen LogP contribution in [0.5, 0.6) is 0 Å². The molecule has 1 amide bonds. The van der Waals surface area contributed by atoms with Crippen LogP contribution in [0.2, 0.25) is 0 Å². The van der Waals surface area contributed by atoms with Crippen LogP contribution >= 0.6 is 0 Å². The molecule has 7 nitrogen and oxygen atoms in total. The Morgan fingerprint density at radius 1 is 1.57 bits per heavy atom. The zero-order valence-electron chi connectivity index (χ0n) is 11.9. The lowest BCUT2D eigenvalue weighted by atomic mass is 10.1. The second-order valence-corrected chi connectivity index (χ2v) is 5.11. The number of hydrogen-bond donors (Lipinski definition) is 2. The largest absolute Gasteiger partial charge is 0.396 e. The number of nitro groups is 1. The third-order valence-electron chi connectivity index (χ3n) is 3.64. The molecule has 21 heavy (non-hydrogen) atoms. The highest BCUT2D eigenvalue weighted by atomic mass is 16.6. The molecule has 0 spiro atoms. The van der Waals surface area contributed by atoms with E-state index in [1.54, 1.807) is 4.90 Å². The van der Waals surface area contributed by atoms with Crippen molar-refractivity contribution in [3.8, 4) is 0 Å². The van der Waals surface area contributed by atoms with Crippen molar-refractivity contribution in [1.29, 1.82) is 0 Å². The fourth-order valence-electron chi connectivity index (χ4n) is 2.51. The normalized spacial score (nSPS) is 17.8. The minimum atomic E-state index is -0.468. The number of nitrogens with one attached hydrogen (secondary N) is 1. The van der Waals surface area contributed by atoms with E-state index in [1.165, 1.54) is 18.2 Å². The van der Waals surface area contributed by atoms with Crippen molar-refractivity contribution in [3.63, 3.8) is 0 Å². The summed E-state index contributed by atoms with van der Waals surface area (Å²) in [7, 11) is 0. The molecule has 1 saturated heterocycles. The molecule has 1 heterocycles. The average Bonchev–Trinajstić information content (AvgIpc) is 2.95. The third kappa shape index (κ3) is 3.30. The molecule has 7 heteroatoms. The number of aliphatic hydroxyl groups is 1. The first-order valence-corrected chi connectivity index (χ1v) is 6.99. The molecule has 1 aliphatic rings. The fourth-order valence-corrected chi connectivity index (χ4v) is 2.51. The van der Waals surface area contributed by atoms with Crippen molar-refractivity contribution in [2.75, 3.05) is 31.6 Å². The molecule has 2 N–H and O–H groups in total. The number of likely N-dealkylation sites (tertiary alicyclic amines) is 1. The zero-order chi connectivity index (χ0) is 15.4. The maximum atomic E-state index is 12.4. The summed E-state index contributed by atoms with van der Waals surface area (Å²) in [6.07, 6.45) is 0.787. The van der Waals surface area contributed by atoms with Crippen LogP contribution < -0.4 is 5.32 Å². The van der Waals surface area contributed by atoms with Gasteiger partial charge in [-0.3, -0.25) is 14.9 Å². The van der Waals surface area contributed by atoms with Crippen molar-refractivity contribution >= 4 is 17.3 Å². The summed E-state index contributed by atoms with van der Waals surface area (Å²) in [5.41, 5.74) is 0.740. The second kappa shape index (κ2) is 6.53. The number of nitro benzene ring substituents is 1. The predicted molar refractivity (Wildman–Crippen MR) is 78.4 cm³/mol. The number of anilines is 1. The number of benzene rings is 1. The second-order valence-electron chi connectivity index (χ2n) is 5.11. The summed E-state index contributed by atoms with van der Waals surface area (Å²) in [5, 5.41) is 23.0. The van der Waals surface area contributed by atoms with Crippen LogP contribution in [0.25, 0.3) is 0 Å². The predicted octanol–water partition coefficient (Wildman–Crippen LogP) is 1.48. The molecule has 1 aromatic rings. The Morgan fingerprint density at radius 3 is 2.90 bits per heavy atom. The van der Waals surface area contributed by atoms with Crippen molar-refractivity contribution in [2.45, 2.75) is 13.3 Å². The molecule has 1 atom stereocenters. The van der Waals surface area contributed by atoms with Crippen LogP contribution in [0, 0.1) is 16.0 Å². The maximum Gasteiger partial charge on any atom is 0.292 e. The van der Waals surface area contributed by atoms with Crippen LogP contribution in [0.15, 0.2) is 18.2 Å². The van der Waals surface area contributed by atoms with Gasteiger partial charge in [-0.1, -0.05) is 0 Å². The van der Waals surface area contributed by atoms with Gasteiger partial charge in [0.15, 0.2) is 0 Å². The highest BCUT2D eigenvalue weighted by Gasteiger charge is 2.27. The molecule has 0 bridgehead atoms. The summed E-state index contributed by atoms with van der Waals surface area (Å²) in [6, 6.07) is 4.36. The summed E-state index contributed by atoms with van der Waals surface area (Å²) in [4.78, 5) is 24.6. The third-order valence-corrected chi connectivity index (χ3v) is 3.64. The number of rotatable bonds is 5. The fraction of sp³-hybridized carbons (Fsp3) is 0.500. The van der Waals surface area contributed by atoms with E-state index in [4.69, 9.17) is 5.11 Å². The van der Waals surface area contributed by atoms with E-state index in [2.05, 4.69) is 5.32 Å². The summed E-state index contributed by atoms with van der Waals surface area (Å²) in [6.45, 7) is 3.59. The minimum Gasteiger partial charge on any atom is -0.396 e. The molecule has 1 fully saturated rings. The number of carbonyl (C=O) groups excluding carboxylic acids is 1. The molecule has 0 radical (unpaired) electrons. The highest BCUT2D eigenvalue weighted by molar-refractivity contribution is 5.96. The van der Waals surface area contributed by atoms with Gasteiger partial charge in [0.25, 0.3) is 11.6 Å². The Kier molecular flexibility index (Phi) is 4.74. The summed E-state index contributed by atoms with van der Waals surface area (Å²) < 4.78 is 0. The van der Waals surface area contributed by atoms with Crippen molar-refractivity contribution in [1.82, 2.24) is 4.90 Å². The quantitative estimate of drug-likeness (QED) is 0.633. The van der Waals surface area contributed by atoms with Crippen LogP contribution in [-0.2, 0) is 0 Å². The van der Waals surface area contributed by atoms with E-state index in [-0.39, 0.29) is 24.1 Å². The van der Waals surface area contributed by atoms with Gasteiger partial charge in [0, 0.05) is 43.8 Å². The smallest absolute Gasteiger partial charge is 0.292 e.